The highest BCUT2D eigenvalue weighted by Gasteiger charge is 2.13. The second kappa shape index (κ2) is 4.29. The van der Waals surface area contributed by atoms with Crippen LogP contribution >= 0.6 is 11.6 Å². The van der Waals surface area contributed by atoms with E-state index in [9.17, 15) is 4.79 Å². The second-order valence-electron chi connectivity index (χ2n) is 3.71. The number of aromatic nitrogens is 5. The van der Waals surface area contributed by atoms with Crippen LogP contribution in [0.4, 0.5) is 0 Å². The van der Waals surface area contributed by atoms with Gasteiger partial charge in [-0.25, -0.2) is 14.8 Å². The van der Waals surface area contributed by atoms with Crippen LogP contribution in [-0.4, -0.2) is 35.6 Å². The van der Waals surface area contributed by atoms with E-state index in [1.54, 1.807) is 22.7 Å². The van der Waals surface area contributed by atoms with Gasteiger partial charge in [0.1, 0.15) is 6.33 Å². The number of rotatable bonds is 2. The highest BCUT2D eigenvalue weighted by molar-refractivity contribution is 6.32. The Morgan fingerprint density at radius 2 is 2.21 bits per heavy atom. The van der Waals surface area contributed by atoms with E-state index < -0.39 is 5.97 Å². The van der Waals surface area contributed by atoms with Crippen LogP contribution in [0.3, 0.4) is 0 Å². The van der Waals surface area contributed by atoms with Crippen LogP contribution in [0, 0.1) is 0 Å². The number of hydrogen-bond donors (Lipinski definition) is 1. The van der Waals surface area contributed by atoms with E-state index in [1.165, 1.54) is 12.5 Å². The summed E-state index contributed by atoms with van der Waals surface area (Å²) in [5, 5.41) is 16.8. The van der Waals surface area contributed by atoms with E-state index in [0.717, 1.165) is 0 Å². The number of hydrogen-bond acceptors (Lipinski definition) is 5. The molecule has 0 atom stereocenters. The average molecular weight is 276 g/mol. The lowest BCUT2D eigenvalue weighted by atomic mass is 10.2. The van der Waals surface area contributed by atoms with Gasteiger partial charge in [0.2, 0.25) is 5.82 Å². The Bertz CT molecular complexity index is 786. The number of fused-ring (bicyclic) bond motifs is 1. The maximum absolute atomic E-state index is 10.9. The van der Waals surface area contributed by atoms with E-state index in [1.807, 2.05) is 0 Å². The average Bonchev–Trinajstić information content (AvgIpc) is 2.86. The predicted octanol–water partition coefficient (Wildman–Crippen LogP) is 1.54. The van der Waals surface area contributed by atoms with Gasteiger partial charge in [0.15, 0.2) is 5.65 Å². The van der Waals surface area contributed by atoms with E-state index >= 15 is 0 Å². The summed E-state index contributed by atoms with van der Waals surface area (Å²) in [6, 6.07) is 3.48. The molecule has 8 heteroatoms. The van der Waals surface area contributed by atoms with Crippen LogP contribution < -0.4 is 0 Å². The zero-order chi connectivity index (χ0) is 13.4. The van der Waals surface area contributed by atoms with Gasteiger partial charge in [-0.2, -0.15) is 0 Å². The van der Waals surface area contributed by atoms with Crippen LogP contribution in [0.25, 0.3) is 16.9 Å². The number of carboxylic acid groups (broad SMARTS) is 1. The Morgan fingerprint density at radius 3 is 3.00 bits per heavy atom. The van der Waals surface area contributed by atoms with Crippen LogP contribution in [-0.2, 0) is 0 Å². The monoisotopic (exact) mass is 275 g/mol. The van der Waals surface area contributed by atoms with Crippen molar-refractivity contribution in [1.29, 1.82) is 0 Å². The maximum Gasteiger partial charge on any atom is 0.373 e. The summed E-state index contributed by atoms with van der Waals surface area (Å²) in [5.74, 6) is -1.51. The zero-order valence-corrected chi connectivity index (χ0v) is 10.1. The summed E-state index contributed by atoms with van der Waals surface area (Å²) < 4.78 is 1.69. The molecule has 0 aromatic carbocycles. The van der Waals surface area contributed by atoms with E-state index in [2.05, 4.69) is 20.2 Å². The van der Waals surface area contributed by atoms with Crippen molar-refractivity contribution in [3.05, 3.63) is 41.7 Å². The van der Waals surface area contributed by atoms with Crippen LogP contribution in [0.15, 0.2) is 30.9 Å². The van der Waals surface area contributed by atoms with E-state index in [4.69, 9.17) is 16.7 Å². The molecule has 0 unspecified atom stereocenters. The fourth-order valence-corrected chi connectivity index (χ4v) is 1.84. The quantitative estimate of drug-likeness (QED) is 0.762. The molecule has 0 radical (unpaired) electrons. The minimum Gasteiger partial charge on any atom is -0.475 e. The molecular formula is C11H6ClN5O2. The molecule has 0 spiro atoms. The number of halogens is 1. The van der Waals surface area contributed by atoms with Gasteiger partial charge in [0.05, 0.1) is 16.9 Å². The summed E-state index contributed by atoms with van der Waals surface area (Å²) in [4.78, 5) is 18.5. The lowest BCUT2D eigenvalue weighted by molar-refractivity contribution is 0.0683. The molecule has 3 aromatic rings. The Balaban J connectivity index is 2.19. The van der Waals surface area contributed by atoms with Crippen molar-refractivity contribution in [1.82, 2.24) is 24.6 Å². The normalized spacial score (nSPS) is 10.8. The minimum atomic E-state index is -1.21. The van der Waals surface area contributed by atoms with Crippen LogP contribution in [0.2, 0.25) is 5.02 Å². The molecule has 19 heavy (non-hydrogen) atoms. The first-order chi connectivity index (χ1) is 9.15. The number of nitrogens with zero attached hydrogens (tertiary/aromatic N) is 5. The van der Waals surface area contributed by atoms with Crippen molar-refractivity contribution in [3.8, 4) is 11.3 Å². The van der Waals surface area contributed by atoms with Crippen LogP contribution in [0.1, 0.15) is 10.6 Å². The van der Waals surface area contributed by atoms with Crippen molar-refractivity contribution in [2.24, 2.45) is 0 Å². The largest absolute Gasteiger partial charge is 0.475 e. The van der Waals surface area contributed by atoms with Gasteiger partial charge in [-0.15, -0.1) is 10.2 Å². The molecule has 94 valence electrons. The molecule has 0 amide bonds. The molecule has 0 aliphatic carbocycles. The fraction of sp³-hybridized carbons (Fsp3) is 0. The first-order valence-electron chi connectivity index (χ1n) is 5.21. The fourth-order valence-electron chi connectivity index (χ4n) is 1.64. The second-order valence-corrected chi connectivity index (χ2v) is 4.12. The van der Waals surface area contributed by atoms with Gasteiger partial charge in [-0.05, 0) is 12.1 Å². The highest BCUT2D eigenvalue weighted by atomic mass is 35.5. The standard InChI is InChI=1S/C11H6ClN5O2/c12-7-3-13-10(11(18)19)15-9(7)6-1-2-8-16-14-5-17(8)4-6/h1-5H,(H,18,19). The van der Waals surface area contributed by atoms with Gasteiger partial charge in [-0.3, -0.25) is 4.40 Å². The third-order valence-corrected chi connectivity index (χ3v) is 2.78. The molecule has 3 aromatic heterocycles. The van der Waals surface area contributed by atoms with Gasteiger partial charge in [0, 0.05) is 11.8 Å². The van der Waals surface area contributed by atoms with Crippen molar-refractivity contribution in [2.75, 3.05) is 0 Å². The van der Waals surface area contributed by atoms with Gasteiger partial charge >= 0.3 is 5.97 Å². The van der Waals surface area contributed by atoms with Gasteiger partial charge < -0.3 is 5.11 Å². The van der Waals surface area contributed by atoms with Crippen molar-refractivity contribution in [2.45, 2.75) is 0 Å². The predicted molar refractivity (Wildman–Crippen MR) is 66.0 cm³/mol. The summed E-state index contributed by atoms with van der Waals surface area (Å²) in [6.07, 6.45) is 4.52. The van der Waals surface area contributed by atoms with Gasteiger partial charge in [-0.1, -0.05) is 11.6 Å². The first kappa shape index (κ1) is 11.5. The molecule has 0 bridgehead atoms. The summed E-state index contributed by atoms with van der Waals surface area (Å²) in [7, 11) is 0. The number of pyridine rings is 1. The van der Waals surface area contributed by atoms with E-state index in [0.29, 0.717) is 16.9 Å². The summed E-state index contributed by atoms with van der Waals surface area (Å²) in [5.41, 5.74) is 1.68. The Hall–Kier alpha value is -2.54. The molecule has 3 rings (SSSR count). The molecule has 7 nitrogen and oxygen atoms in total. The Morgan fingerprint density at radius 1 is 1.37 bits per heavy atom. The zero-order valence-electron chi connectivity index (χ0n) is 9.36. The summed E-state index contributed by atoms with van der Waals surface area (Å²) in [6.45, 7) is 0. The molecular weight excluding hydrogens is 270 g/mol. The van der Waals surface area contributed by atoms with Crippen molar-refractivity contribution >= 4 is 23.2 Å². The number of carboxylic acids is 1. The van der Waals surface area contributed by atoms with Crippen molar-refractivity contribution < 1.29 is 9.90 Å². The molecule has 0 saturated heterocycles. The van der Waals surface area contributed by atoms with E-state index in [-0.39, 0.29) is 10.8 Å². The number of aromatic carboxylic acids is 1. The molecule has 3 heterocycles. The third kappa shape index (κ3) is 2.00. The molecule has 1 N–H and O–H groups in total. The topological polar surface area (TPSA) is 93.3 Å². The van der Waals surface area contributed by atoms with Crippen molar-refractivity contribution in [3.63, 3.8) is 0 Å². The molecule has 0 saturated carbocycles. The van der Waals surface area contributed by atoms with Crippen LogP contribution in [0.5, 0.6) is 0 Å². The minimum absolute atomic E-state index is 0.275. The Labute approximate surface area is 111 Å². The number of carbonyl (C=O) groups is 1. The smallest absolute Gasteiger partial charge is 0.373 e. The lowest BCUT2D eigenvalue weighted by Crippen LogP contribution is -2.05. The summed E-state index contributed by atoms with van der Waals surface area (Å²) >= 11 is 6.00. The van der Waals surface area contributed by atoms with Gasteiger partial charge in [0.25, 0.3) is 0 Å². The SMILES string of the molecule is O=C(O)c1ncc(Cl)c(-c2ccc3nncn3c2)n1. The first-order valence-corrected chi connectivity index (χ1v) is 5.58. The third-order valence-electron chi connectivity index (χ3n) is 2.50. The molecule has 0 aliphatic heterocycles. The highest BCUT2D eigenvalue weighted by Crippen LogP contribution is 2.25. The molecule has 0 aliphatic rings. The maximum atomic E-state index is 10.9. The molecule has 0 fully saturated rings. The lowest BCUT2D eigenvalue weighted by Gasteiger charge is -2.04. The Kier molecular flexibility index (Phi) is 2.60.